The summed E-state index contributed by atoms with van der Waals surface area (Å²) in [4.78, 5) is 1.85. The van der Waals surface area contributed by atoms with Gasteiger partial charge in [0, 0.05) is 9.65 Å². The molecule has 0 fully saturated rings. The molecule has 0 aliphatic rings. The Bertz CT molecular complexity index is 277. The van der Waals surface area contributed by atoms with Gasteiger partial charge in [-0.15, -0.1) is 0 Å². The average molecular weight is 192 g/mol. The molecule has 0 saturated heterocycles. The van der Waals surface area contributed by atoms with Gasteiger partial charge in [0.1, 0.15) is 0 Å². The van der Waals surface area contributed by atoms with E-state index in [0.29, 0.717) is 0 Å². The van der Waals surface area contributed by atoms with Crippen LogP contribution in [0, 0.1) is 0 Å². The molecule has 0 spiro atoms. The summed E-state index contributed by atoms with van der Waals surface area (Å²) in [6, 6.07) is 0. The molecule has 0 aliphatic heterocycles. The molecule has 0 radical (unpaired) electrons. The zero-order valence-electron chi connectivity index (χ0n) is 8.26. The minimum absolute atomic E-state index is 0.972. The third-order valence-corrected chi connectivity index (χ3v) is 2.04. The predicted octanol–water partition coefficient (Wildman–Crippen LogP) is 0.396. The maximum absolute atomic E-state index is 10.5. The molecule has 0 aromatic carbocycles. The largest absolute Gasteiger partial charge is 0.285 e. The van der Waals surface area contributed by atoms with Crippen LogP contribution in [0.25, 0.3) is 0 Å². The van der Waals surface area contributed by atoms with Crippen molar-refractivity contribution in [3.8, 4) is 0 Å². The highest BCUT2D eigenvalue weighted by molar-refractivity contribution is 7.85. The van der Waals surface area contributed by atoms with E-state index < -0.39 is 28.3 Å². The third-order valence-electron chi connectivity index (χ3n) is 0.680. The van der Waals surface area contributed by atoms with Gasteiger partial charge in [0.15, 0.2) is 0 Å². The van der Waals surface area contributed by atoms with E-state index in [1.807, 2.05) is 4.84 Å². The summed E-state index contributed by atoms with van der Waals surface area (Å²) >= 11 is 5.11. The van der Waals surface area contributed by atoms with E-state index in [-0.39, 0.29) is 0 Å². The van der Waals surface area contributed by atoms with E-state index in [1.54, 1.807) is 0 Å². The first-order valence-electron chi connectivity index (χ1n) is 3.85. The molecule has 0 amide bonds. The van der Waals surface area contributed by atoms with Crippen LogP contribution < -0.4 is 4.84 Å². The van der Waals surface area contributed by atoms with Gasteiger partial charge < -0.3 is 0 Å². The van der Waals surface area contributed by atoms with Gasteiger partial charge in [0.25, 0.3) is 10.1 Å². The van der Waals surface area contributed by atoms with E-state index in [9.17, 15) is 8.42 Å². The van der Waals surface area contributed by atoms with E-state index in [1.165, 1.54) is 0 Å². The van der Waals surface area contributed by atoms with E-state index in [4.69, 9.17) is 20.4 Å². The third kappa shape index (κ3) is 4.99. The SMILES string of the molecule is [2H][13C]([2H])([2H])C(C)(CS(=O)(=O)O)NCl. The summed E-state index contributed by atoms with van der Waals surface area (Å²) in [5.74, 6) is -0.972. The molecule has 0 heterocycles. The minimum atomic E-state index is -4.38. The maximum atomic E-state index is 10.5. The summed E-state index contributed by atoms with van der Waals surface area (Å²) < 4.78 is 50.3. The smallest absolute Gasteiger partial charge is 0.266 e. The maximum Gasteiger partial charge on any atom is 0.266 e. The second kappa shape index (κ2) is 3.04. The molecule has 62 valence electrons. The Morgan fingerprint density at radius 1 is 1.90 bits per heavy atom. The topological polar surface area (TPSA) is 66.4 Å². The Morgan fingerprint density at radius 3 is 2.50 bits per heavy atom. The predicted molar refractivity (Wildman–Crippen MR) is 39.5 cm³/mol. The average Bonchev–Trinajstić information content (AvgIpc) is 1.81. The number of hydrogen-bond donors (Lipinski definition) is 2. The van der Waals surface area contributed by atoms with Crippen LogP contribution in [-0.2, 0) is 10.1 Å². The normalized spacial score (nSPS) is 24.1. The van der Waals surface area contributed by atoms with Gasteiger partial charge in [-0.3, -0.25) is 4.55 Å². The van der Waals surface area contributed by atoms with Gasteiger partial charge >= 0.3 is 0 Å². The van der Waals surface area contributed by atoms with Gasteiger partial charge in [-0.05, 0) is 25.6 Å². The lowest BCUT2D eigenvalue weighted by Gasteiger charge is -2.19. The fourth-order valence-corrected chi connectivity index (χ4v) is 1.34. The molecule has 0 rings (SSSR count). The number of hydrogen-bond acceptors (Lipinski definition) is 3. The van der Waals surface area contributed by atoms with Crippen LogP contribution in [0.4, 0.5) is 0 Å². The first-order chi connectivity index (χ1) is 5.52. The highest BCUT2D eigenvalue weighted by Gasteiger charge is 2.23. The zero-order chi connectivity index (χ0) is 10.9. The van der Waals surface area contributed by atoms with E-state index in [2.05, 4.69) is 0 Å². The molecule has 1 atom stereocenters. The van der Waals surface area contributed by atoms with Crippen LogP contribution in [0.2, 0.25) is 0 Å². The van der Waals surface area contributed by atoms with Gasteiger partial charge in [0.2, 0.25) is 0 Å². The van der Waals surface area contributed by atoms with Gasteiger partial charge in [-0.2, -0.15) is 8.42 Å². The molecule has 0 aromatic rings. The van der Waals surface area contributed by atoms with Crippen LogP contribution in [0.3, 0.4) is 0 Å². The van der Waals surface area contributed by atoms with Crippen molar-refractivity contribution in [1.29, 1.82) is 0 Å². The Kier molecular flexibility index (Phi) is 1.75. The molecule has 0 aromatic heterocycles. The van der Waals surface area contributed by atoms with Crippen molar-refractivity contribution in [2.75, 3.05) is 5.75 Å². The van der Waals surface area contributed by atoms with E-state index in [0.717, 1.165) is 6.92 Å². The molecule has 10 heavy (non-hydrogen) atoms. The summed E-state index contributed by atoms with van der Waals surface area (Å²) in [6.45, 7) is -1.54. The Labute approximate surface area is 69.6 Å². The molecule has 0 saturated carbocycles. The molecular weight excluding hydrogens is 179 g/mol. The standard InChI is InChI=1S/C4H10ClNO3S/c1-4(2,6-5)3-10(7,8)9/h6H,3H2,1-2H3,(H,7,8,9)/i1+1D3. The molecule has 1 unspecified atom stereocenters. The molecule has 0 bridgehead atoms. The monoisotopic (exact) mass is 191 g/mol. The number of rotatable bonds is 3. The molecular formula is C4H10ClNO3S. The molecule has 4 nitrogen and oxygen atoms in total. The lowest BCUT2D eigenvalue weighted by Crippen LogP contribution is -2.39. The fraction of sp³-hybridized carbons (Fsp3) is 1.00. The van der Waals surface area contributed by atoms with Crippen LogP contribution in [0.15, 0.2) is 0 Å². The van der Waals surface area contributed by atoms with Gasteiger partial charge in [-0.25, -0.2) is 4.84 Å². The zero-order valence-corrected chi connectivity index (χ0v) is 6.83. The molecule has 2 N–H and O–H groups in total. The van der Waals surface area contributed by atoms with Crippen LogP contribution in [0.5, 0.6) is 0 Å². The first-order valence-corrected chi connectivity index (χ1v) is 4.33. The molecule has 0 aliphatic carbocycles. The Morgan fingerprint density at radius 2 is 2.40 bits per heavy atom. The first kappa shape index (κ1) is 5.77. The quantitative estimate of drug-likeness (QED) is 0.385. The van der Waals surface area contributed by atoms with Crippen molar-refractivity contribution in [3.05, 3.63) is 0 Å². The Balaban J connectivity index is 4.88. The molecule has 6 heteroatoms. The van der Waals surface area contributed by atoms with Crippen molar-refractivity contribution in [1.82, 2.24) is 4.84 Å². The van der Waals surface area contributed by atoms with Crippen molar-refractivity contribution >= 4 is 21.9 Å². The number of halogens is 1. The van der Waals surface area contributed by atoms with Crippen LogP contribution >= 0.6 is 11.8 Å². The van der Waals surface area contributed by atoms with Crippen LogP contribution in [0.1, 0.15) is 17.9 Å². The lowest BCUT2D eigenvalue weighted by atomic mass is 10.2. The fourth-order valence-electron chi connectivity index (χ4n) is 0.392. The lowest BCUT2D eigenvalue weighted by molar-refractivity contribution is 0.449. The summed E-state index contributed by atoms with van der Waals surface area (Å²) in [7, 11) is -4.38. The second-order valence-corrected chi connectivity index (χ2v) is 3.79. The van der Waals surface area contributed by atoms with Gasteiger partial charge in [0.05, 0.1) is 5.75 Å². The van der Waals surface area contributed by atoms with Crippen molar-refractivity contribution in [3.63, 3.8) is 0 Å². The minimum Gasteiger partial charge on any atom is -0.285 e. The second-order valence-electron chi connectivity index (χ2n) is 2.15. The van der Waals surface area contributed by atoms with Crippen LogP contribution in [-0.4, -0.2) is 24.3 Å². The summed E-state index contributed by atoms with van der Waals surface area (Å²) in [5.41, 5.74) is -1.86. The summed E-state index contributed by atoms with van der Waals surface area (Å²) in [5, 5.41) is 0. The van der Waals surface area contributed by atoms with Crippen molar-refractivity contribution in [2.24, 2.45) is 0 Å². The highest BCUT2D eigenvalue weighted by Crippen LogP contribution is 2.05. The van der Waals surface area contributed by atoms with Crippen molar-refractivity contribution < 1.29 is 17.1 Å². The van der Waals surface area contributed by atoms with Gasteiger partial charge in [-0.1, -0.05) is 0 Å². The highest BCUT2D eigenvalue weighted by atomic mass is 35.5. The van der Waals surface area contributed by atoms with Crippen molar-refractivity contribution in [2.45, 2.75) is 19.3 Å². The summed E-state index contributed by atoms with van der Waals surface area (Å²) in [6.07, 6.45) is 0. The Hall–Kier alpha value is 0.160. The van der Waals surface area contributed by atoms with E-state index >= 15 is 0 Å². The number of nitrogens with one attached hydrogen (secondary N) is 1.